The number of aromatic nitrogens is 2. The summed E-state index contributed by atoms with van der Waals surface area (Å²) in [5, 5.41) is 2.86. The summed E-state index contributed by atoms with van der Waals surface area (Å²) >= 11 is 0. The Bertz CT molecular complexity index is 994. The summed E-state index contributed by atoms with van der Waals surface area (Å²) < 4.78 is 6.69. The molecule has 0 fully saturated rings. The first kappa shape index (κ1) is 18.8. The van der Waals surface area contributed by atoms with Crippen molar-refractivity contribution in [2.24, 2.45) is 0 Å². The molecule has 0 bridgehead atoms. The number of nitrogens with zero attached hydrogens (tertiary/aromatic N) is 2. The lowest BCUT2D eigenvalue weighted by Crippen LogP contribution is -2.25. The summed E-state index contributed by atoms with van der Waals surface area (Å²) in [7, 11) is 1.64. The molecule has 0 saturated carbocycles. The van der Waals surface area contributed by atoms with Gasteiger partial charge in [0, 0.05) is 25.8 Å². The first-order valence-corrected chi connectivity index (χ1v) is 8.92. The number of nitrogens with one attached hydrogen (secondary N) is 1. The van der Waals surface area contributed by atoms with Crippen molar-refractivity contribution in [2.45, 2.75) is 19.9 Å². The lowest BCUT2D eigenvalue weighted by Gasteiger charge is -2.11. The lowest BCUT2D eigenvalue weighted by molar-refractivity contribution is 0.0948. The summed E-state index contributed by atoms with van der Waals surface area (Å²) in [6.45, 7) is 3.35. The van der Waals surface area contributed by atoms with Gasteiger partial charge in [-0.2, -0.15) is 0 Å². The Kier molecular flexibility index (Phi) is 5.98. The third-order valence-corrected chi connectivity index (χ3v) is 4.38. The van der Waals surface area contributed by atoms with Crippen molar-refractivity contribution in [3.05, 3.63) is 75.7 Å². The summed E-state index contributed by atoms with van der Waals surface area (Å²) in [6.07, 6.45) is 0.776. The highest BCUT2D eigenvalue weighted by molar-refractivity contribution is 5.94. The van der Waals surface area contributed by atoms with Gasteiger partial charge in [0.25, 0.3) is 11.5 Å². The van der Waals surface area contributed by atoms with E-state index in [0.29, 0.717) is 31.0 Å². The molecule has 0 saturated heterocycles. The molecule has 0 aliphatic heterocycles. The maximum absolute atomic E-state index is 12.6. The van der Waals surface area contributed by atoms with Gasteiger partial charge in [-0.1, -0.05) is 24.3 Å². The van der Waals surface area contributed by atoms with Gasteiger partial charge < -0.3 is 14.6 Å². The average molecular weight is 365 g/mol. The smallest absolute Gasteiger partial charge is 0.272 e. The van der Waals surface area contributed by atoms with Crippen molar-refractivity contribution in [3.63, 3.8) is 0 Å². The number of hydrogen-bond acceptors (Lipinski definition) is 4. The topological polar surface area (TPSA) is 73.2 Å². The second kappa shape index (κ2) is 8.60. The molecule has 0 unspecified atom stereocenters. The summed E-state index contributed by atoms with van der Waals surface area (Å²) in [5.74, 6) is -0.111. The molecule has 2 aromatic carbocycles. The van der Waals surface area contributed by atoms with Crippen LogP contribution < -0.4 is 10.9 Å². The van der Waals surface area contributed by atoms with E-state index in [4.69, 9.17) is 4.74 Å². The molecule has 27 heavy (non-hydrogen) atoms. The Labute approximate surface area is 157 Å². The molecule has 1 N–H and O–H groups in total. The zero-order valence-electron chi connectivity index (χ0n) is 15.6. The molecule has 1 aromatic heterocycles. The number of rotatable bonds is 7. The van der Waals surface area contributed by atoms with Crippen LogP contribution in [-0.2, 0) is 11.3 Å². The molecule has 3 rings (SSSR count). The highest BCUT2D eigenvalue weighted by Gasteiger charge is 2.09. The van der Waals surface area contributed by atoms with E-state index in [1.807, 2.05) is 36.4 Å². The molecule has 1 heterocycles. The average Bonchev–Trinajstić information content (AvgIpc) is 2.69. The van der Waals surface area contributed by atoms with Gasteiger partial charge >= 0.3 is 0 Å². The fourth-order valence-electron chi connectivity index (χ4n) is 2.94. The van der Waals surface area contributed by atoms with Gasteiger partial charge in [-0.3, -0.25) is 9.59 Å². The van der Waals surface area contributed by atoms with E-state index in [2.05, 4.69) is 10.3 Å². The largest absolute Gasteiger partial charge is 0.385 e. The maximum Gasteiger partial charge on any atom is 0.272 e. The molecule has 6 heteroatoms. The van der Waals surface area contributed by atoms with Crippen LogP contribution in [0.15, 0.2) is 53.3 Å². The number of hydrogen-bond donors (Lipinski definition) is 1. The van der Waals surface area contributed by atoms with E-state index in [0.717, 1.165) is 23.0 Å². The van der Waals surface area contributed by atoms with Gasteiger partial charge in [0.1, 0.15) is 5.69 Å². The number of carbonyl (C=O) groups excluding carboxylic acids is 1. The summed E-state index contributed by atoms with van der Waals surface area (Å²) in [6, 6.07) is 14.9. The van der Waals surface area contributed by atoms with Crippen LogP contribution in [0.4, 0.5) is 0 Å². The van der Waals surface area contributed by atoms with Gasteiger partial charge in [-0.05, 0) is 43.2 Å². The molecule has 140 valence electrons. The Morgan fingerprint density at radius 3 is 2.63 bits per heavy atom. The van der Waals surface area contributed by atoms with Crippen molar-refractivity contribution >= 4 is 16.9 Å². The van der Waals surface area contributed by atoms with E-state index < -0.39 is 0 Å². The number of amides is 1. The highest BCUT2D eigenvalue weighted by atomic mass is 16.5. The molecular formula is C21H23N3O3. The van der Waals surface area contributed by atoms with Gasteiger partial charge in [0.2, 0.25) is 0 Å². The quantitative estimate of drug-likeness (QED) is 0.653. The highest BCUT2D eigenvalue weighted by Crippen LogP contribution is 2.13. The zero-order chi connectivity index (χ0) is 19.2. The second-order valence-electron chi connectivity index (χ2n) is 6.38. The molecule has 3 aromatic rings. The molecule has 0 radical (unpaired) electrons. The number of methoxy groups -OCH3 is 1. The van der Waals surface area contributed by atoms with Crippen LogP contribution in [0, 0.1) is 6.92 Å². The lowest BCUT2D eigenvalue weighted by atomic mass is 10.1. The molecular weight excluding hydrogens is 342 g/mol. The van der Waals surface area contributed by atoms with E-state index in [-0.39, 0.29) is 11.5 Å². The number of carbonyl (C=O) groups is 1. The molecule has 0 aliphatic carbocycles. The van der Waals surface area contributed by atoms with Crippen molar-refractivity contribution in [1.82, 2.24) is 14.9 Å². The SMILES string of the molecule is COCCCNC(=O)c1ccc(Cn2c(=O)c(C)nc3ccccc32)cc1. The van der Waals surface area contributed by atoms with Gasteiger partial charge in [0.05, 0.1) is 17.6 Å². The number of fused-ring (bicyclic) bond motifs is 1. The van der Waals surface area contributed by atoms with Crippen LogP contribution in [0.25, 0.3) is 11.0 Å². The third kappa shape index (κ3) is 4.41. The number of para-hydroxylation sites is 2. The second-order valence-corrected chi connectivity index (χ2v) is 6.38. The third-order valence-electron chi connectivity index (χ3n) is 4.38. The minimum atomic E-state index is -0.111. The Balaban J connectivity index is 1.78. The van der Waals surface area contributed by atoms with Crippen LogP contribution in [0.5, 0.6) is 0 Å². The summed E-state index contributed by atoms with van der Waals surface area (Å²) in [4.78, 5) is 29.1. The van der Waals surface area contributed by atoms with Crippen molar-refractivity contribution < 1.29 is 9.53 Å². The standard InChI is InChI=1S/C21H23N3O3/c1-15-21(26)24(19-7-4-3-6-18(19)23-15)14-16-8-10-17(11-9-16)20(25)22-12-5-13-27-2/h3-4,6-11H,5,12-14H2,1-2H3,(H,22,25). The Hall–Kier alpha value is -2.99. The summed E-state index contributed by atoms with van der Waals surface area (Å²) in [5.41, 5.74) is 3.51. The minimum absolute atomic E-state index is 0.103. The van der Waals surface area contributed by atoms with E-state index in [1.165, 1.54) is 0 Å². The molecule has 0 spiro atoms. The van der Waals surface area contributed by atoms with Crippen LogP contribution >= 0.6 is 0 Å². The first-order chi connectivity index (χ1) is 13.1. The maximum atomic E-state index is 12.6. The number of benzene rings is 2. The van der Waals surface area contributed by atoms with E-state index in [9.17, 15) is 9.59 Å². The van der Waals surface area contributed by atoms with Gasteiger partial charge in [-0.15, -0.1) is 0 Å². The monoisotopic (exact) mass is 365 g/mol. The number of aryl methyl sites for hydroxylation is 1. The van der Waals surface area contributed by atoms with Crippen molar-refractivity contribution in [3.8, 4) is 0 Å². The molecule has 6 nitrogen and oxygen atoms in total. The molecule has 1 amide bonds. The van der Waals surface area contributed by atoms with Crippen molar-refractivity contribution in [2.75, 3.05) is 20.3 Å². The van der Waals surface area contributed by atoms with Crippen LogP contribution in [-0.4, -0.2) is 35.7 Å². The predicted molar refractivity (Wildman–Crippen MR) is 105 cm³/mol. The first-order valence-electron chi connectivity index (χ1n) is 8.92. The fourth-order valence-corrected chi connectivity index (χ4v) is 2.94. The van der Waals surface area contributed by atoms with Crippen molar-refractivity contribution in [1.29, 1.82) is 0 Å². The fraction of sp³-hybridized carbons (Fsp3) is 0.286. The van der Waals surface area contributed by atoms with Crippen LogP contribution in [0.2, 0.25) is 0 Å². The van der Waals surface area contributed by atoms with Crippen LogP contribution in [0.3, 0.4) is 0 Å². The normalized spacial score (nSPS) is 10.9. The zero-order valence-corrected chi connectivity index (χ0v) is 15.6. The van der Waals surface area contributed by atoms with Gasteiger partial charge in [-0.25, -0.2) is 4.98 Å². The molecule has 0 atom stereocenters. The van der Waals surface area contributed by atoms with E-state index >= 15 is 0 Å². The molecule has 0 aliphatic rings. The number of ether oxygens (including phenoxy) is 1. The van der Waals surface area contributed by atoms with Crippen LogP contribution in [0.1, 0.15) is 28.0 Å². The Morgan fingerprint density at radius 2 is 1.89 bits per heavy atom. The predicted octanol–water partition coefficient (Wildman–Crippen LogP) is 2.52. The minimum Gasteiger partial charge on any atom is -0.385 e. The Morgan fingerprint density at radius 1 is 1.15 bits per heavy atom. The van der Waals surface area contributed by atoms with E-state index in [1.54, 1.807) is 30.7 Å². The van der Waals surface area contributed by atoms with Gasteiger partial charge in [0.15, 0.2) is 0 Å².